The van der Waals surface area contributed by atoms with Gasteiger partial charge in [0.25, 0.3) is 0 Å². The number of rotatable bonds is 7. The molecule has 7 nitrogen and oxygen atoms in total. The molecule has 0 unspecified atom stereocenters. The molecule has 0 aromatic heterocycles. The maximum atomic E-state index is 12.4. The van der Waals surface area contributed by atoms with Crippen molar-refractivity contribution in [2.45, 2.75) is 38.3 Å². The number of methoxy groups -OCH3 is 1. The van der Waals surface area contributed by atoms with Gasteiger partial charge >= 0.3 is 5.97 Å². The van der Waals surface area contributed by atoms with Crippen LogP contribution in [0.2, 0.25) is 0 Å². The van der Waals surface area contributed by atoms with Crippen LogP contribution in [0.15, 0.2) is 24.3 Å². The van der Waals surface area contributed by atoms with Gasteiger partial charge in [-0.3, -0.25) is 19.4 Å². The van der Waals surface area contributed by atoms with Crippen molar-refractivity contribution in [3.63, 3.8) is 0 Å². The topological polar surface area (TPSA) is 65.1 Å². The van der Waals surface area contributed by atoms with E-state index in [1.165, 1.54) is 18.4 Å². The van der Waals surface area contributed by atoms with E-state index >= 15 is 0 Å². The van der Waals surface area contributed by atoms with Crippen LogP contribution < -0.4 is 10.2 Å². The van der Waals surface area contributed by atoms with Crippen molar-refractivity contribution in [1.82, 2.24) is 15.1 Å². The highest BCUT2D eigenvalue weighted by molar-refractivity contribution is 5.78. The molecule has 3 rings (SSSR count). The molecule has 1 aromatic carbocycles. The molecule has 1 aromatic rings. The fourth-order valence-electron chi connectivity index (χ4n) is 4.34. The number of hydrogen-bond acceptors (Lipinski definition) is 6. The van der Waals surface area contributed by atoms with Gasteiger partial charge in [-0.15, -0.1) is 0 Å². The predicted molar refractivity (Wildman–Crippen MR) is 114 cm³/mol. The molecule has 160 valence electrons. The lowest BCUT2D eigenvalue weighted by Gasteiger charge is -2.36. The van der Waals surface area contributed by atoms with Crippen LogP contribution in [-0.4, -0.2) is 87.2 Å². The number of likely N-dealkylation sites (tertiary alicyclic amines) is 1. The first-order chi connectivity index (χ1) is 14.0. The van der Waals surface area contributed by atoms with E-state index in [0.29, 0.717) is 19.5 Å². The molecule has 29 heavy (non-hydrogen) atoms. The second-order valence-corrected chi connectivity index (χ2v) is 8.24. The minimum Gasteiger partial charge on any atom is -0.469 e. The van der Waals surface area contributed by atoms with Crippen LogP contribution in [-0.2, 0) is 14.3 Å². The van der Waals surface area contributed by atoms with Crippen molar-refractivity contribution in [3.05, 3.63) is 29.8 Å². The molecule has 0 spiro atoms. The standard InChI is InChI=1S/C22H34N4O3/c1-17-5-4-6-19(13-17)26-11-9-25(10-12-26)16-21(27)23-15-20-8-7-18(24(20)2)14-22(28)29-3/h4-6,13,18,20H,7-12,14-16H2,1-3H3,(H,23,27)/t18-,20+/m1/s1. The van der Waals surface area contributed by atoms with Gasteiger partial charge in [-0.25, -0.2) is 0 Å². The van der Waals surface area contributed by atoms with Gasteiger partial charge in [-0.05, 0) is 44.5 Å². The zero-order valence-corrected chi connectivity index (χ0v) is 17.9. The fraction of sp³-hybridized carbons (Fsp3) is 0.636. The van der Waals surface area contributed by atoms with E-state index < -0.39 is 0 Å². The third-order valence-corrected chi connectivity index (χ3v) is 6.26. The van der Waals surface area contributed by atoms with E-state index in [2.05, 4.69) is 51.2 Å². The third-order valence-electron chi connectivity index (χ3n) is 6.26. The maximum Gasteiger partial charge on any atom is 0.307 e. The number of nitrogens with zero attached hydrogens (tertiary/aromatic N) is 3. The maximum absolute atomic E-state index is 12.4. The number of hydrogen-bond donors (Lipinski definition) is 1. The van der Waals surface area contributed by atoms with E-state index in [-0.39, 0.29) is 24.0 Å². The summed E-state index contributed by atoms with van der Waals surface area (Å²) >= 11 is 0. The molecule has 2 saturated heterocycles. The number of anilines is 1. The minimum absolute atomic E-state index is 0.0822. The molecule has 2 heterocycles. The van der Waals surface area contributed by atoms with Crippen LogP contribution in [0, 0.1) is 6.92 Å². The highest BCUT2D eigenvalue weighted by atomic mass is 16.5. The largest absolute Gasteiger partial charge is 0.469 e. The SMILES string of the molecule is COC(=O)C[C@H]1CC[C@@H](CNC(=O)CN2CCN(c3cccc(C)c3)CC2)N1C. The molecule has 7 heteroatoms. The summed E-state index contributed by atoms with van der Waals surface area (Å²) in [5, 5.41) is 3.09. The van der Waals surface area contributed by atoms with Crippen molar-refractivity contribution in [2.24, 2.45) is 0 Å². The van der Waals surface area contributed by atoms with Crippen LogP contribution in [0.5, 0.6) is 0 Å². The molecule has 2 aliphatic rings. The lowest BCUT2D eigenvalue weighted by molar-refractivity contribution is -0.141. The molecule has 2 aliphatic heterocycles. The molecular weight excluding hydrogens is 368 g/mol. The second-order valence-electron chi connectivity index (χ2n) is 8.24. The Balaban J connectivity index is 1.37. The van der Waals surface area contributed by atoms with Gasteiger partial charge in [0.15, 0.2) is 0 Å². The van der Waals surface area contributed by atoms with E-state index in [9.17, 15) is 9.59 Å². The van der Waals surface area contributed by atoms with Crippen molar-refractivity contribution in [1.29, 1.82) is 0 Å². The highest BCUT2D eigenvalue weighted by Gasteiger charge is 2.32. The number of nitrogens with one attached hydrogen (secondary N) is 1. The number of ether oxygens (including phenoxy) is 1. The van der Waals surface area contributed by atoms with Gasteiger partial charge in [0.1, 0.15) is 0 Å². The molecule has 0 saturated carbocycles. The number of benzene rings is 1. The van der Waals surface area contributed by atoms with Crippen molar-refractivity contribution in [3.8, 4) is 0 Å². The van der Waals surface area contributed by atoms with E-state index in [1.807, 2.05) is 7.05 Å². The summed E-state index contributed by atoms with van der Waals surface area (Å²) in [6.07, 6.45) is 2.38. The summed E-state index contributed by atoms with van der Waals surface area (Å²) in [4.78, 5) is 30.7. The molecule has 0 bridgehead atoms. The van der Waals surface area contributed by atoms with Gasteiger partial charge in [0, 0.05) is 50.5 Å². The lowest BCUT2D eigenvalue weighted by atomic mass is 10.1. The van der Waals surface area contributed by atoms with Crippen molar-refractivity contribution >= 4 is 17.6 Å². The molecule has 1 amide bonds. The van der Waals surface area contributed by atoms with E-state index in [4.69, 9.17) is 4.74 Å². The molecular formula is C22H34N4O3. The van der Waals surface area contributed by atoms with Gasteiger partial charge in [-0.1, -0.05) is 12.1 Å². The van der Waals surface area contributed by atoms with Crippen LogP contribution in [0.25, 0.3) is 0 Å². The Kier molecular flexibility index (Phi) is 7.50. The van der Waals surface area contributed by atoms with Crippen LogP contribution in [0.4, 0.5) is 5.69 Å². The van der Waals surface area contributed by atoms with Crippen LogP contribution in [0.3, 0.4) is 0 Å². The zero-order valence-electron chi connectivity index (χ0n) is 17.9. The Morgan fingerprint density at radius 2 is 1.86 bits per heavy atom. The summed E-state index contributed by atoms with van der Waals surface area (Å²) in [5.41, 5.74) is 2.54. The summed E-state index contributed by atoms with van der Waals surface area (Å²) < 4.78 is 4.78. The normalized spacial score (nSPS) is 23.2. The van der Waals surface area contributed by atoms with Crippen molar-refractivity contribution in [2.75, 3.05) is 58.3 Å². The second kappa shape index (κ2) is 10.1. The smallest absolute Gasteiger partial charge is 0.307 e. The summed E-state index contributed by atoms with van der Waals surface area (Å²) in [5.74, 6) is -0.0878. The Bertz CT molecular complexity index is 703. The van der Waals surface area contributed by atoms with E-state index in [0.717, 1.165) is 39.0 Å². The number of carbonyl (C=O) groups is 2. The first-order valence-corrected chi connectivity index (χ1v) is 10.6. The molecule has 0 radical (unpaired) electrons. The molecule has 1 N–H and O–H groups in total. The average Bonchev–Trinajstić information content (AvgIpc) is 3.06. The molecule has 0 aliphatic carbocycles. The summed E-state index contributed by atoms with van der Waals surface area (Å²) in [6.45, 7) is 6.87. The Morgan fingerprint density at radius 3 is 2.55 bits per heavy atom. The predicted octanol–water partition coefficient (Wildman–Crippen LogP) is 1.26. The summed E-state index contributed by atoms with van der Waals surface area (Å²) in [7, 11) is 3.46. The average molecular weight is 403 g/mol. The molecule has 2 atom stereocenters. The Morgan fingerprint density at radius 1 is 1.14 bits per heavy atom. The first-order valence-electron chi connectivity index (χ1n) is 10.6. The monoisotopic (exact) mass is 402 g/mol. The molecule has 2 fully saturated rings. The minimum atomic E-state index is -0.170. The van der Waals surface area contributed by atoms with Crippen molar-refractivity contribution < 1.29 is 14.3 Å². The van der Waals surface area contributed by atoms with Gasteiger partial charge < -0.3 is 15.0 Å². The number of piperazine rings is 1. The fourth-order valence-corrected chi connectivity index (χ4v) is 4.34. The number of amides is 1. The number of carbonyl (C=O) groups excluding carboxylic acids is 2. The third kappa shape index (κ3) is 5.93. The Labute approximate surface area is 174 Å². The first kappa shape index (κ1) is 21.6. The zero-order chi connectivity index (χ0) is 20.8. The Hall–Kier alpha value is -2.12. The lowest BCUT2D eigenvalue weighted by Crippen LogP contribution is -2.50. The van der Waals surface area contributed by atoms with Gasteiger partial charge in [0.05, 0.1) is 20.1 Å². The van der Waals surface area contributed by atoms with Crippen LogP contribution in [0.1, 0.15) is 24.8 Å². The quantitative estimate of drug-likeness (QED) is 0.693. The number of aryl methyl sites for hydroxylation is 1. The number of esters is 1. The number of likely N-dealkylation sites (N-methyl/N-ethyl adjacent to an activating group) is 1. The van der Waals surface area contributed by atoms with Gasteiger partial charge in [0.2, 0.25) is 5.91 Å². The van der Waals surface area contributed by atoms with E-state index in [1.54, 1.807) is 0 Å². The summed E-state index contributed by atoms with van der Waals surface area (Å²) in [6, 6.07) is 9.07. The van der Waals surface area contributed by atoms with Gasteiger partial charge in [-0.2, -0.15) is 0 Å². The highest BCUT2D eigenvalue weighted by Crippen LogP contribution is 2.24. The van der Waals surface area contributed by atoms with Crippen LogP contribution >= 0.6 is 0 Å².